The molecule has 0 aliphatic carbocycles. The lowest BCUT2D eigenvalue weighted by atomic mass is 10.2. The molecule has 2 rings (SSSR count). The van der Waals surface area contributed by atoms with Gasteiger partial charge in [-0.25, -0.2) is 0 Å². The number of nitro groups is 1. The Morgan fingerprint density at radius 3 is 2.50 bits per heavy atom. The van der Waals surface area contributed by atoms with Gasteiger partial charge in [-0.3, -0.25) is 20.2 Å². The first-order chi connectivity index (χ1) is 12.2. The highest BCUT2D eigenvalue weighted by Crippen LogP contribution is 2.32. The number of ether oxygens (including phenoxy) is 1. The van der Waals surface area contributed by atoms with Crippen LogP contribution in [-0.4, -0.2) is 23.1 Å². The molecule has 2 N–H and O–H groups in total. The molecule has 0 saturated heterocycles. The number of halogens is 3. The van der Waals surface area contributed by atoms with E-state index < -0.39 is 10.8 Å². The van der Waals surface area contributed by atoms with E-state index in [0.717, 1.165) is 6.07 Å². The molecular weight excluding hydrogens is 425 g/mol. The minimum Gasteiger partial charge on any atom is -0.494 e. The van der Waals surface area contributed by atoms with Crippen molar-refractivity contribution in [3.8, 4) is 5.75 Å². The maximum Gasteiger partial charge on any atom is 0.294 e. The van der Waals surface area contributed by atoms with Crippen molar-refractivity contribution >= 4 is 69.4 Å². The van der Waals surface area contributed by atoms with E-state index in [1.54, 1.807) is 0 Å². The van der Waals surface area contributed by atoms with E-state index in [4.69, 9.17) is 51.8 Å². The maximum atomic E-state index is 12.4. The van der Waals surface area contributed by atoms with Crippen molar-refractivity contribution in [2.24, 2.45) is 0 Å². The average molecular weight is 435 g/mol. The normalized spacial score (nSPS) is 10.2. The van der Waals surface area contributed by atoms with Crippen molar-refractivity contribution in [1.82, 2.24) is 5.32 Å². The van der Waals surface area contributed by atoms with E-state index in [1.807, 2.05) is 0 Å². The SMILES string of the molecule is COc1c(Cl)cc(Cl)cc1C(=O)NC(=S)Nc1ccc(Cl)cc1[N+](=O)[O-]. The van der Waals surface area contributed by atoms with E-state index in [2.05, 4.69) is 10.6 Å². The first-order valence-electron chi connectivity index (χ1n) is 6.82. The summed E-state index contributed by atoms with van der Waals surface area (Å²) in [6.07, 6.45) is 0. The fourth-order valence-corrected chi connectivity index (χ4v) is 2.96. The standard InChI is InChI=1S/C15H10Cl3N3O4S/c1-25-13-9(4-8(17)5-10(13)18)14(22)20-15(26)19-11-3-2-7(16)6-12(11)21(23)24/h2-6H,1H3,(H2,19,20,22,26). The monoisotopic (exact) mass is 433 g/mol. The summed E-state index contributed by atoms with van der Waals surface area (Å²) in [5, 5.41) is 16.5. The number of nitrogens with one attached hydrogen (secondary N) is 2. The molecule has 0 radical (unpaired) electrons. The Morgan fingerprint density at radius 2 is 1.88 bits per heavy atom. The molecule has 0 heterocycles. The topological polar surface area (TPSA) is 93.5 Å². The Hall–Kier alpha value is -2.13. The highest BCUT2D eigenvalue weighted by Gasteiger charge is 2.20. The van der Waals surface area contributed by atoms with Crippen LogP contribution < -0.4 is 15.4 Å². The fourth-order valence-electron chi connectivity index (χ4n) is 2.02. The van der Waals surface area contributed by atoms with E-state index in [1.165, 1.54) is 31.4 Å². The number of nitrogens with zero attached hydrogens (tertiary/aromatic N) is 1. The number of nitro benzene ring substituents is 1. The number of anilines is 1. The van der Waals surface area contributed by atoms with Crippen LogP contribution in [-0.2, 0) is 0 Å². The minimum absolute atomic E-state index is 0.0553. The van der Waals surface area contributed by atoms with Crippen molar-refractivity contribution in [2.75, 3.05) is 12.4 Å². The fraction of sp³-hybridized carbons (Fsp3) is 0.0667. The van der Waals surface area contributed by atoms with Gasteiger partial charge in [0.25, 0.3) is 11.6 Å². The molecule has 0 aliphatic heterocycles. The molecule has 11 heteroatoms. The summed E-state index contributed by atoms with van der Waals surface area (Å²) in [7, 11) is 1.35. The molecule has 0 aliphatic rings. The van der Waals surface area contributed by atoms with Gasteiger partial charge < -0.3 is 10.1 Å². The zero-order valence-electron chi connectivity index (χ0n) is 13.0. The van der Waals surface area contributed by atoms with Gasteiger partial charge >= 0.3 is 0 Å². The van der Waals surface area contributed by atoms with Gasteiger partial charge in [0.1, 0.15) is 11.4 Å². The van der Waals surface area contributed by atoms with Crippen LogP contribution in [0.2, 0.25) is 15.1 Å². The third kappa shape index (κ3) is 4.73. The summed E-state index contributed by atoms with van der Waals surface area (Å²) in [5.74, 6) is -0.533. The number of hydrogen-bond donors (Lipinski definition) is 2. The zero-order chi connectivity index (χ0) is 19.4. The van der Waals surface area contributed by atoms with Crippen LogP contribution in [0.1, 0.15) is 10.4 Å². The minimum atomic E-state index is -0.652. The predicted octanol–water partition coefficient (Wildman–Crippen LogP) is 4.69. The largest absolute Gasteiger partial charge is 0.494 e. The molecule has 0 spiro atoms. The number of thiocarbonyl (C=S) groups is 1. The molecule has 2 aromatic rings. The first kappa shape index (κ1) is 20.2. The molecule has 0 atom stereocenters. The van der Waals surface area contributed by atoms with Crippen LogP contribution in [0.25, 0.3) is 0 Å². The Balaban J connectivity index is 2.22. The van der Waals surface area contributed by atoms with E-state index in [9.17, 15) is 14.9 Å². The van der Waals surface area contributed by atoms with Gasteiger partial charge in [-0.05, 0) is 36.5 Å². The summed E-state index contributed by atoms with van der Waals surface area (Å²) in [4.78, 5) is 22.9. The molecule has 26 heavy (non-hydrogen) atoms. The van der Waals surface area contributed by atoms with Crippen LogP contribution in [0.5, 0.6) is 5.75 Å². The van der Waals surface area contributed by atoms with Crippen LogP contribution >= 0.6 is 47.0 Å². The number of benzene rings is 2. The smallest absolute Gasteiger partial charge is 0.294 e. The number of carbonyl (C=O) groups is 1. The molecule has 0 saturated carbocycles. The maximum absolute atomic E-state index is 12.4. The first-order valence-corrected chi connectivity index (χ1v) is 8.36. The molecule has 7 nitrogen and oxygen atoms in total. The lowest BCUT2D eigenvalue weighted by Crippen LogP contribution is -2.34. The second kappa shape index (κ2) is 8.50. The van der Waals surface area contributed by atoms with Crippen LogP contribution in [0, 0.1) is 10.1 Å². The van der Waals surface area contributed by atoms with Gasteiger partial charge in [0, 0.05) is 16.1 Å². The second-order valence-electron chi connectivity index (χ2n) is 4.80. The quantitative estimate of drug-likeness (QED) is 0.412. The van der Waals surface area contributed by atoms with Gasteiger partial charge in [0.15, 0.2) is 5.11 Å². The number of rotatable bonds is 4. The van der Waals surface area contributed by atoms with Crippen molar-refractivity contribution in [1.29, 1.82) is 0 Å². The molecule has 0 aromatic heterocycles. The predicted molar refractivity (Wildman–Crippen MR) is 105 cm³/mol. The van der Waals surface area contributed by atoms with Gasteiger partial charge in [-0.15, -0.1) is 0 Å². The van der Waals surface area contributed by atoms with Crippen molar-refractivity contribution < 1.29 is 14.5 Å². The van der Waals surface area contributed by atoms with Crippen molar-refractivity contribution in [3.05, 3.63) is 61.1 Å². The van der Waals surface area contributed by atoms with Gasteiger partial charge in [0.05, 0.1) is 22.6 Å². The molecular formula is C15H10Cl3N3O4S. The van der Waals surface area contributed by atoms with E-state index >= 15 is 0 Å². The van der Waals surface area contributed by atoms with E-state index in [0.29, 0.717) is 0 Å². The Bertz CT molecular complexity index is 908. The van der Waals surface area contributed by atoms with Crippen LogP contribution in [0.4, 0.5) is 11.4 Å². The highest BCUT2D eigenvalue weighted by atomic mass is 35.5. The Morgan fingerprint density at radius 1 is 1.19 bits per heavy atom. The molecule has 0 unspecified atom stereocenters. The number of carbonyl (C=O) groups excluding carboxylic acids is 1. The van der Waals surface area contributed by atoms with Gasteiger partial charge in [0.2, 0.25) is 0 Å². The average Bonchev–Trinajstić information content (AvgIpc) is 2.55. The van der Waals surface area contributed by atoms with Crippen molar-refractivity contribution in [3.63, 3.8) is 0 Å². The lowest BCUT2D eigenvalue weighted by Gasteiger charge is -2.13. The Kier molecular flexibility index (Phi) is 6.60. The summed E-state index contributed by atoms with van der Waals surface area (Å²) in [6.45, 7) is 0. The number of methoxy groups -OCH3 is 1. The van der Waals surface area contributed by atoms with Gasteiger partial charge in [-0.2, -0.15) is 0 Å². The van der Waals surface area contributed by atoms with E-state index in [-0.39, 0.29) is 42.9 Å². The molecule has 2 aromatic carbocycles. The highest BCUT2D eigenvalue weighted by molar-refractivity contribution is 7.80. The third-order valence-electron chi connectivity index (χ3n) is 3.09. The summed E-state index contributed by atoms with van der Waals surface area (Å²) in [6, 6.07) is 6.76. The van der Waals surface area contributed by atoms with Gasteiger partial charge in [-0.1, -0.05) is 34.8 Å². The molecule has 1 amide bonds. The zero-order valence-corrected chi connectivity index (χ0v) is 16.1. The van der Waals surface area contributed by atoms with Crippen LogP contribution in [0.3, 0.4) is 0 Å². The summed E-state index contributed by atoms with van der Waals surface area (Å²) >= 11 is 22.7. The second-order valence-corrected chi connectivity index (χ2v) is 6.48. The van der Waals surface area contributed by atoms with Crippen LogP contribution in [0.15, 0.2) is 30.3 Å². The summed E-state index contributed by atoms with van der Waals surface area (Å²) < 4.78 is 5.10. The third-order valence-corrected chi connectivity index (χ3v) is 4.03. The molecule has 136 valence electrons. The molecule has 0 bridgehead atoms. The number of amides is 1. The van der Waals surface area contributed by atoms with Crippen molar-refractivity contribution in [2.45, 2.75) is 0 Å². The Labute approximate surface area is 168 Å². The number of hydrogen-bond acceptors (Lipinski definition) is 5. The lowest BCUT2D eigenvalue weighted by molar-refractivity contribution is -0.383. The molecule has 0 fully saturated rings. The summed E-state index contributed by atoms with van der Waals surface area (Å²) in [5.41, 5.74) is -0.168.